The minimum atomic E-state index is -0.351. The zero-order valence-electron chi connectivity index (χ0n) is 19.7. The van der Waals surface area contributed by atoms with Gasteiger partial charge in [-0.3, -0.25) is 4.79 Å². The van der Waals surface area contributed by atoms with Gasteiger partial charge in [0.2, 0.25) is 5.76 Å². The molecule has 5 rings (SSSR count). The Morgan fingerprint density at radius 3 is 2.65 bits per heavy atom. The molecule has 2 fully saturated rings. The third kappa shape index (κ3) is 4.36. The molecule has 3 aromatic heterocycles. The van der Waals surface area contributed by atoms with Crippen molar-refractivity contribution >= 4 is 40.1 Å². The summed E-state index contributed by atoms with van der Waals surface area (Å²) in [7, 11) is 5.57. The number of nitrogens with zero attached hydrogens (tertiary/aromatic N) is 5. The molecule has 2 aliphatic rings. The van der Waals surface area contributed by atoms with Crippen LogP contribution in [0.4, 0.5) is 23.1 Å². The van der Waals surface area contributed by atoms with Crippen LogP contribution < -0.4 is 20.9 Å². The van der Waals surface area contributed by atoms with E-state index >= 15 is 0 Å². The van der Waals surface area contributed by atoms with Crippen molar-refractivity contribution in [3.05, 3.63) is 30.0 Å². The molecule has 3 aromatic rings. The highest BCUT2D eigenvalue weighted by Gasteiger charge is 2.34. The molecular formula is C23H30N8O3. The van der Waals surface area contributed by atoms with Crippen molar-refractivity contribution in [1.29, 1.82) is 0 Å². The Labute approximate surface area is 197 Å². The average molecular weight is 467 g/mol. The molecule has 1 aliphatic carbocycles. The maximum Gasteiger partial charge on any atom is 0.292 e. The molecule has 34 heavy (non-hydrogen) atoms. The van der Waals surface area contributed by atoms with Crippen molar-refractivity contribution < 1.29 is 14.1 Å². The number of carbonyl (C=O) groups excluding carboxylic acids is 1. The first kappa shape index (κ1) is 22.4. The van der Waals surface area contributed by atoms with Crippen molar-refractivity contribution in [2.75, 3.05) is 62.9 Å². The van der Waals surface area contributed by atoms with Crippen molar-refractivity contribution in [2.45, 2.75) is 25.0 Å². The zero-order chi connectivity index (χ0) is 23.7. The van der Waals surface area contributed by atoms with Crippen molar-refractivity contribution in [3.8, 4) is 0 Å². The second-order valence-corrected chi connectivity index (χ2v) is 8.74. The van der Waals surface area contributed by atoms with Gasteiger partial charge in [0.05, 0.1) is 17.8 Å². The fourth-order valence-electron chi connectivity index (χ4n) is 4.31. The van der Waals surface area contributed by atoms with Crippen molar-refractivity contribution in [3.63, 3.8) is 0 Å². The normalized spacial score (nSPS) is 20.7. The van der Waals surface area contributed by atoms with Crippen molar-refractivity contribution in [2.24, 2.45) is 0 Å². The van der Waals surface area contributed by atoms with Gasteiger partial charge < -0.3 is 35.0 Å². The number of pyridine rings is 2. The number of methoxy groups -OCH3 is 1. The quantitative estimate of drug-likeness (QED) is 0.477. The summed E-state index contributed by atoms with van der Waals surface area (Å²) in [5, 5.41) is 13.4. The monoisotopic (exact) mass is 466 g/mol. The number of fused-ring (bicyclic) bond motifs is 1. The Morgan fingerprint density at radius 2 is 1.94 bits per heavy atom. The van der Waals surface area contributed by atoms with E-state index in [-0.39, 0.29) is 23.8 Å². The average Bonchev–Trinajstić information content (AvgIpc) is 3.26. The number of hydrogen-bond donors (Lipinski definition) is 3. The van der Waals surface area contributed by atoms with Gasteiger partial charge in [-0.1, -0.05) is 11.2 Å². The second kappa shape index (κ2) is 9.43. The van der Waals surface area contributed by atoms with E-state index in [9.17, 15) is 4.79 Å². The summed E-state index contributed by atoms with van der Waals surface area (Å²) in [5.74, 6) is 1.86. The van der Waals surface area contributed by atoms with E-state index in [4.69, 9.17) is 14.2 Å². The standard InChI is InChI=1S/C23H30N8O3/c1-24-15-13-18(26-17-5-4-6-19(27-17)31-11-9-30(2)10-12-31)28-21-20(15)29-34-22(21)23(32)25-14-7-8-16(14)33-3/h4-6,13-14,16,24H,7-12H2,1-3H3,(H,25,32)(H,26,27,28)/t14?,16-/m1/s1. The minimum Gasteiger partial charge on any atom is -0.386 e. The van der Waals surface area contributed by atoms with Crippen LogP contribution in [-0.2, 0) is 4.74 Å². The number of aromatic nitrogens is 3. The molecular weight excluding hydrogens is 436 g/mol. The molecule has 1 amide bonds. The van der Waals surface area contributed by atoms with E-state index in [1.165, 1.54) is 0 Å². The van der Waals surface area contributed by atoms with Gasteiger partial charge in [0, 0.05) is 46.4 Å². The number of anilines is 4. The SMILES string of the molecule is CNc1cc(Nc2cccc(N3CCN(C)CC3)n2)nc2c(C(=O)NC3CC[C@H]3OC)onc12. The van der Waals surface area contributed by atoms with Crippen LogP contribution in [0.1, 0.15) is 23.4 Å². The van der Waals surface area contributed by atoms with Crippen LogP contribution in [0.2, 0.25) is 0 Å². The Kier molecular flexibility index (Phi) is 6.20. The highest BCUT2D eigenvalue weighted by molar-refractivity contribution is 6.05. The molecule has 4 heterocycles. The molecule has 2 atom stereocenters. The smallest absolute Gasteiger partial charge is 0.292 e. The predicted octanol–water partition coefficient (Wildman–Crippen LogP) is 2.06. The van der Waals surface area contributed by atoms with Gasteiger partial charge in [0.15, 0.2) is 5.52 Å². The predicted molar refractivity (Wildman–Crippen MR) is 130 cm³/mol. The Morgan fingerprint density at radius 1 is 1.12 bits per heavy atom. The van der Waals surface area contributed by atoms with Crippen LogP contribution in [0.5, 0.6) is 0 Å². The number of amides is 1. The maximum atomic E-state index is 12.9. The Bertz CT molecular complexity index is 1170. The number of carbonyl (C=O) groups is 1. The van der Waals surface area contributed by atoms with Crippen LogP contribution in [0.3, 0.4) is 0 Å². The molecule has 1 unspecified atom stereocenters. The number of hydrogen-bond acceptors (Lipinski definition) is 10. The molecule has 0 bridgehead atoms. The maximum absolute atomic E-state index is 12.9. The number of likely N-dealkylation sites (N-methyl/N-ethyl adjacent to an activating group) is 1. The molecule has 180 valence electrons. The van der Waals surface area contributed by atoms with Gasteiger partial charge in [-0.15, -0.1) is 0 Å². The first-order valence-corrected chi connectivity index (χ1v) is 11.5. The second-order valence-electron chi connectivity index (χ2n) is 8.74. The zero-order valence-corrected chi connectivity index (χ0v) is 19.7. The number of piperazine rings is 1. The van der Waals surface area contributed by atoms with Gasteiger partial charge in [0.25, 0.3) is 5.91 Å². The summed E-state index contributed by atoms with van der Waals surface area (Å²) in [6.07, 6.45) is 1.82. The lowest BCUT2D eigenvalue weighted by Gasteiger charge is -2.35. The summed E-state index contributed by atoms with van der Waals surface area (Å²) in [4.78, 5) is 26.9. The summed E-state index contributed by atoms with van der Waals surface area (Å²) in [6.45, 7) is 3.89. The van der Waals surface area contributed by atoms with Gasteiger partial charge >= 0.3 is 0 Å². The van der Waals surface area contributed by atoms with Crippen molar-refractivity contribution in [1.82, 2.24) is 25.3 Å². The van der Waals surface area contributed by atoms with E-state index in [1.54, 1.807) is 14.2 Å². The van der Waals surface area contributed by atoms with Gasteiger partial charge in [0.1, 0.15) is 23.0 Å². The van der Waals surface area contributed by atoms with E-state index in [1.807, 2.05) is 24.3 Å². The first-order chi connectivity index (χ1) is 16.6. The van der Waals surface area contributed by atoms with Gasteiger partial charge in [-0.25, -0.2) is 9.97 Å². The fraction of sp³-hybridized carbons (Fsp3) is 0.478. The highest BCUT2D eigenvalue weighted by Crippen LogP contribution is 2.29. The minimum absolute atomic E-state index is 0.0230. The van der Waals surface area contributed by atoms with E-state index in [0.717, 1.165) is 44.8 Å². The molecule has 1 aliphatic heterocycles. The van der Waals surface area contributed by atoms with Crippen LogP contribution in [0.15, 0.2) is 28.8 Å². The fourth-order valence-corrected chi connectivity index (χ4v) is 4.31. The topological polar surface area (TPSA) is 121 Å². The Hall–Kier alpha value is -3.44. The molecule has 0 aromatic carbocycles. The lowest BCUT2D eigenvalue weighted by molar-refractivity contribution is 0.00678. The third-order valence-corrected chi connectivity index (χ3v) is 6.56. The molecule has 11 nitrogen and oxygen atoms in total. The molecule has 11 heteroatoms. The van der Waals surface area contributed by atoms with Gasteiger partial charge in [-0.05, 0) is 32.0 Å². The highest BCUT2D eigenvalue weighted by atomic mass is 16.5. The summed E-state index contributed by atoms with van der Waals surface area (Å²) in [6, 6.07) is 7.67. The van der Waals surface area contributed by atoms with Crippen LogP contribution in [0, 0.1) is 0 Å². The lowest BCUT2D eigenvalue weighted by atomic mass is 9.89. The van der Waals surface area contributed by atoms with Crippen LogP contribution in [-0.4, -0.2) is 85.5 Å². The third-order valence-electron chi connectivity index (χ3n) is 6.56. The lowest BCUT2D eigenvalue weighted by Crippen LogP contribution is -2.51. The number of ether oxygens (including phenoxy) is 1. The van der Waals surface area contributed by atoms with Crippen LogP contribution in [0.25, 0.3) is 11.0 Å². The summed E-state index contributed by atoms with van der Waals surface area (Å²) >= 11 is 0. The molecule has 1 saturated carbocycles. The first-order valence-electron chi connectivity index (χ1n) is 11.5. The molecule has 0 radical (unpaired) electrons. The largest absolute Gasteiger partial charge is 0.386 e. The number of nitrogens with one attached hydrogen (secondary N) is 3. The van der Waals surface area contributed by atoms with Gasteiger partial charge in [-0.2, -0.15) is 0 Å². The van der Waals surface area contributed by atoms with Crippen LogP contribution >= 0.6 is 0 Å². The van der Waals surface area contributed by atoms with E-state index in [0.29, 0.717) is 28.4 Å². The van der Waals surface area contributed by atoms with E-state index in [2.05, 4.69) is 42.9 Å². The van der Waals surface area contributed by atoms with E-state index < -0.39 is 0 Å². The summed E-state index contributed by atoms with van der Waals surface area (Å²) in [5.41, 5.74) is 1.58. The number of rotatable bonds is 7. The summed E-state index contributed by atoms with van der Waals surface area (Å²) < 4.78 is 10.8. The molecule has 3 N–H and O–H groups in total. The molecule has 1 saturated heterocycles. The molecule has 0 spiro atoms. The Balaban J connectivity index is 1.39.